The maximum atomic E-state index is 12.8. The summed E-state index contributed by atoms with van der Waals surface area (Å²) in [6, 6.07) is 10.8. The fourth-order valence-corrected chi connectivity index (χ4v) is 4.98. The first-order valence-corrected chi connectivity index (χ1v) is 10.6. The van der Waals surface area contributed by atoms with E-state index in [0.717, 1.165) is 11.3 Å². The number of nitrogens with zero attached hydrogens (tertiary/aromatic N) is 3. The molecule has 27 heavy (non-hydrogen) atoms. The Hall–Kier alpha value is -2.39. The molecule has 1 fully saturated rings. The highest BCUT2D eigenvalue weighted by Crippen LogP contribution is 2.23. The number of sulfone groups is 1. The monoisotopic (exact) mass is 392 g/mol. The molecule has 2 amide bonds. The first-order valence-electron chi connectivity index (χ1n) is 8.76. The van der Waals surface area contributed by atoms with E-state index >= 15 is 0 Å². The summed E-state index contributed by atoms with van der Waals surface area (Å²) in [6.45, 7) is 0.655. The van der Waals surface area contributed by atoms with Crippen molar-refractivity contribution in [3.8, 4) is 11.3 Å². The molecule has 0 saturated carbocycles. The van der Waals surface area contributed by atoms with Gasteiger partial charge in [-0.15, -0.1) is 0 Å². The minimum Gasteiger partial charge on any atom is -0.383 e. The largest absolute Gasteiger partial charge is 0.383 e. The second-order valence-corrected chi connectivity index (χ2v) is 8.81. The number of anilines is 1. The molecule has 1 aromatic heterocycles. The predicted octanol–water partition coefficient (Wildman–Crippen LogP) is 1.75. The number of benzene rings is 1. The van der Waals surface area contributed by atoms with Crippen LogP contribution in [-0.4, -0.2) is 66.9 Å². The molecular formula is C18H24N4O4S. The van der Waals surface area contributed by atoms with E-state index in [1.54, 1.807) is 17.9 Å². The van der Waals surface area contributed by atoms with E-state index in [1.807, 2.05) is 37.4 Å². The fourth-order valence-electron chi connectivity index (χ4n) is 3.25. The van der Waals surface area contributed by atoms with Crippen LogP contribution >= 0.6 is 0 Å². The van der Waals surface area contributed by atoms with Crippen LogP contribution in [0.2, 0.25) is 0 Å². The third-order valence-electron chi connectivity index (χ3n) is 4.63. The molecule has 1 unspecified atom stereocenters. The number of ether oxygens (including phenoxy) is 1. The van der Waals surface area contributed by atoms with Gasteiger partial charge in [-0.1, -0.05) is 30.3 Å². The van der Waals surface area contributed by atoms with E-state index < -0.39 is 9.84 Å². The number of aromatic nitrogens is 2. The van der Waals surface area contributed by atoms with Crippen molar-refractivity contribution in [3.63, 3.8) is 0 Å². The SMILES string of the molecule is COCCN(C(=O)Nc1cc(-c2ccccc2)n(C)n1)C1CCS(=O)(=O)C1. The van der Waals surface area contributed by atoms with Crippen LogP contribution in [0, 0.1) is 0 Å². The second-order valence-electron chi connectivity index (χ2n) is 6.58. The van der Waals surface area contributed by atoms with Crippen molar-refractivity contribution in [2.75, 3.05) is 37.1 Å². The highest BCUT2D eigenvalue weighted by Gasteiger charge is 2.34. The summed E-state index contributed by atoms with van der Waals surface area (Å²) in [5.74, 6) is 0.516. The van der Waals surface area contributed by atoms with Gasteiger partial charge in [0.05, 0.1) is 23.8 Å². The molecule has 1 N–H and O–H groups in total. The molecule has 1 saturated heterocycles. The van der Waals surface area contributed by atoms with Gasteiger partial charge in [0.1, 0.15) is 0 Å². The van der Waals surface area contributed by atoms with Crippen molar-refractivity contribution in [2.45, 2.75) is 12.5 Å². The average Bonchev–Trinajstić information content (AvgIpc) is 3.18. The molecule has 2 aromatic rings. The van der Waals surface area contributed by atoms with Gasteiger partial charge in [0.2, 0.25) is 0 Å². The number of carbonyl (C=O) groups excluding carboxylic acids is 1. The van der Waals surface area contributed by atoms with Gasteiger partial charge in [0, 0.05) is 32.8 Å². The number of hydrogen-bond acceptors (Lipinski definition) is 5. The summed E-state index contributed by atoms with van der Waals surface area (Å²) in [6.07, 6.45) is 0.441. The van der Waals surface area contributed by atoms with Gasteiger partial charge in [-0.2, -0.15) is 5.10 Å². The molecular weight excluding hydrogens is 368 g/mol. The van der Waals surface area contributed by atoms with Gasteiger partial charge >= 0.3 is 6.03 Å². The van der Waals surface area contributed by atoms with E-state index in [1.165, 1.54) is 4.90 Å². The number of nitrogens with one attached hydrogen (secondary N) is 1. The highest BCUT2D eigenvalue weighted by atomic mass is 32.2. The smallest absolute Gasteiger partial charge is 0.323 e. The van der Waals surface area contributed by atoms with Gasteiger partial charge in [-0.25, -0.2) is 13.2 Å². The van der Waals surface area contributed by atoms with Crippen molar-refractivity contribution < 1.29 is 17.9 Å². The zero-order valence-electron chi connectivity index (χ0n) is 15.5. The molecule has 0 bridgehead atoms. The maximum Gasteiger partial charge on any atom is 0.323 e. The molecule has 0 spiro atoms. The topological polar surface area (TPSA) is 93.5 Å². The third-order valence-corrected chi connectivity index (χ3v) is 6.38. The number of rotatable bonds is 6. The van der Waals surface area contributed by atoms with Gasteiger partial charge in [-0.05, 0) is 12.0 Å². The van der Waals surface area contributed by atoms with Crippen LogP contribution < -0.4 is 5.32 Å². The molecule has 8 nitrogen and oxygen atoms in total. The quantitative estimate of drug-likeness (QED) is 0.808. The molecule has 9 heteroatoms. The van der Waals surface area contributed by atoms with E-state index in [2.05, 4.69) is 10.4 Å². The third kappa shape index (κ3) is 4.67. The van der Waals surface area contributed by atoms with Crippen LogP contribution in [-0.2, 0) is 21.6 Å². The number of amides is 2. The molecule has 1 atom stereocenters. The van der Waals surface area contributed by atoms with Crippen LogP contribution in [0.4, 0.5) is 10.6 Å². The summed E-state index contributed by atoms with van der Waals surface area (Å²) >= 11 is 0. The van der Waals surface area contributed by atoms with Crippen molar-refractivity contribution in [3.05, 3.63) is 36.4 Å². The molecule has 0 radical (unpaired) electrons. The standard InChI is InChI=1S/C18H24N4O4S/c1-21-16(14-6-4-3-5-7-14)12-17(20-21)19-18(23)22(9-10-26-2)15-8-11-27(24,25)13-15/h3-7,12,15H,8-11,13H2,1-2H3,(H,19,20,23). The molecule has 1 aliphatic heterocycles. The van der Waals surface area contributed by atoms with E-state index in [9.17, 15) is 13.2 Å². The summed E-state index contributed by atoms with van der Waals surface area (Å²) < 4.78 is 30.4. The van der Waals surface area contributed by atoms with Crippen LogP contribution in [0.5, 0.6) is 0 Å². The lowest BCUT2D eigenvalue weighted by atomic mass is 10.1. The Morgan fingerprint density at radius 3 is 2.74 bits per heavy atom. The molecule has 2 heterocycles. The van der Waals surface area contributed by atoms with Crippen LogP contribution in [0.15, 0.2) is 36.4 Å². The van der Waals surface area contributed by atoms with Crippen molar-refractivity contribution in [2.24, 2.45) is 7.05 Å². The van der Waals surface area contributed by atoms with Crippen LogP contribution in [0.3, 0.4) is 0 Å². The van der Waals surface area contributed by atoms with Crippen molar-refractivity contribution >= 4 is 21.7 Å². The molecule has 3 rings (SSSR count). The van der Waals surface area contributed by atoms with Gasteiger partial charge in [-0.3, -0.25) is 10.00 Å². The van der Waals surface area contributed by atoms with Gasteiger partial charge in [0.25, 0.3) is 0 Å². The van der Waals surface area contributed by atoms with Gasteiger partial charge in [0.15, 0.2) is 15.7 Å². The Kier molecular flexibility index (Phi) is 5.81. The summed E-state index contributed by atoms with van der Waals surface area (Å²) in [4.78, 5) is 14.3. The average molecular weight is 392 g/mol. The van der Waals surface area contributed by atoms with Crippen LogP contribution in [0.25, 0.3) is 11.3 Å². The Bertz CT molecular complexity index is 895. The lowest BCUT2D eigenvalue weighted by molar-refractivity contribution is 0.140. The molecule has 1 aromatic carbocycles. The van der Waals surface area contributed by atoms with Gasteiger partial charge < -0.3 is 9.64 Å². The number of aryl methyl sites for hydroxylation is 1. The Morgan fingerprint density at radius 1 is 1.37 bits per heavy atom. The Morgan fingerprint density at radius 2 is 2.11 bits per heavy atom. The number of carbonyl (C=O) groups is 1. The van der Waals surface area contributed by atoms with E-state index in [0.29, 0.717) is 25.4 Å². The minimum absolute atomic E-state index is 0.0123. The second kappa shape index (κ2) is 8.10. The summed E-state index contributed by atoms with van der Waals surface area (Å²) in [5.41, 5.74) is 1.86. The minimum atomic E-state index is -3.09. The predicted molar refractivity (Wildman–Crippen MR) is 103 cm³/mol. The van der Waals surface area contributed by atoms with E-state index in [4.69, 9.17) is 4.74 Å². The summed E-state index contributed by atoms with van der Waals surface area (Å²) in [5, 5.41) is 7.14. The zero-order chi connectivity index (χ0) is 19.4. The van der Waals surface area contributed by atoms with Crippen molar-refractivity contribution in [1.82, 2.24) is 14.7 Å². The highest BCUT2D eigenvalue weighted by molar-refractivity contribution is 7.91. The lowest BCUT2D eigenvalue weighted by Gasteiger charge is -2.27. The van der Waals surface area contributed by atoms with E-state index in [-0.39, 0.29) is 23.6 Å². The molecule has 1 aliphatic rings. The Labute approximate surface area is 159 Å². The zero-order valence-corrected chi connectivity index (χ0v) is 16.3. The fraction of sp³-hybridized carbons (Fsp3) is 0.444. The number of urea groups is 1. The number of methoxy groups -OCH3 is 1. The molecule has 0 aliphatic carbocycles. The lowest BCUT2D eigenvalue weighted by Crippen LogP contribution is -2.45. The van der Waals surface area contributed by atoms with Crippen molar-refractivity contribution in [1.29, 1.82) is 0 Å². The first kappa shape index (κ1) is 19.4. The van der Waals surface area contributed by atoms with Crippen LogP contribution in [0.1, 0.15) is 6.42 Å². The first-order chi connectivity index (χ1) is 12.9. The Balaban J connectivity index is 1.75. The normalized spacial score (nSPS) is 18.4. The summed E-state index contributed by atoms with van der Waals surface area (Å²) in [7, 11) is 0.265. The maximum absolute atomic E-state index is 12.8. The molecule has 146 valence electrons. The number of hydrogen-bond donors (Lipinski definition) is 1.